The minimum atomic E-state index is -0.683. The lowest BCUT2D eigenvalue weighted by atomic mass is 9.44. The second kappa shape index (κ2) is 11.8. The monoisotopic (exact) mass is 619 g/mol. The van der Waals surface area contributed by atoms with Crippen molar-refractivity contribution in [2.24, 2.45) is 22.7 Å². The van der Waals surface area contributed by atoms with Gasteiger partial charge in [0.1, 0.15) is 17.2 Å². The summed E-state index contributed by atoms with van der Waals surface area (Å²) in [5.41, 5.74) is 5.03. The molecule has 7 atom stereocenters. The summed E-state index contributed by atoms with van der Waals surface area (Å²) >= 11 is 0. The van der Waals surface area contributed by atoms with E-state index in [1.807, 2.05) is 25.1 Å². The summed E-state index contributed by atoms with van der Waals surface area (Å²) < 4.78 is 17.3. The molecule has 240 valence electrons. The lowest BCUT2D eigenvalue weighted by Crippen LogP contribution is -2.61. The molecule has 0 bridgehead atoms. The molecule has 0 radical (unpaired) electrons. The number of carbonyl (C=O) groups is 2. The number of fused-ring (bicyclic) bond motifs is 1. The van der Waals surface area contributed by atoms with Crippen molar-refractivity contribution in [1.82, 2.24) is 15.0 Å². The summed E-state index contributed by atoms with van der Waals surface area (Å²) in [4.78, 5) is 39.3. The van der Waals surface area contributed by atoms with Crippen molar-refractivity contribution in [1.29, 1.82) is 0 Å². The molecule has 12 nitrogen and oxygen atoms in total. The SMILES string of the molecule is CCOC(=O)/C(=C1/C=C(C(CC2C3(CCC4[C@]2(C)CC[C@@H](O)[C@@]4(C)CO)CO3)Nc2ccccn2)C(=O)O1)c1cnc(N)nc1. The number of nitrogen functional groups attached to an aromatic ring is 1. The van der Waals surface area contributed by atoms with Crippen molar-refractivity contribution >= 4 is 29.3 Å². The van der Waals surface area contributed by atoms with Crippen LogP contribution in [0.2, 0.25) is 0 Å². The third-order valence-electron chi connectivity index (χ3n) is 10.7. The first-order chi connectivity index (χ1) is 21.5. The molecule has 4 heterocycles. The number of pyridine rings is 1. The zero-order chi connectivity index (χ0) is 32.0. The number of esters is 2. The van der Waals surface area contributed by atoms with Crippen LogP contribution < -0.4 is 11.1 Å². The summed E-state index contributed by atoms with van der Waals surface area (Å²) in [5.74, 6) is -0.594. The second-order valence-electron chi connectivity index (χ2n) is 13.1. The molecule has 3 fully saturated rings. The van der Waals surface area contributed by atoms with Gasteiger partial charge in [-0.1, -0.05) is 19.9 Å². The number of epoxide rings is 1. The Morgan fingerprint density at radius 2 is 1.96 bits per heavy atom. The predicted octanol–water partition coefficient (Wildman–Crippen LogP) is 3.04. The van der Waals surface area contributed by atoms with Gasteiger partial charge in [-0.05, 0) is 74.5 Å². The summed E-state index contributed by atoms with van der Waals surface area (Å²) in [6.45, 7) is 6.54. The highest BCUT2D eigenvalue weighted by Gasteiger charge is 2.67. The molecule has 45 heavy (non-hydrogen) atoms. The van der Waals surface area contributed by atoms with Crippen LogP contribution in [-0.2, 0) is 23.8 Å². The van der Waals surface area contributed by atoms with Gasteiger partial charge >= 0.3 is 11.9 Å². The van der Waals surface area contributed by atoms with E-state index in [9.17, 15) is 19.8 Å². The lowest BCUT2D eigenvalue weighted by Gasteiger charge is -2.61. The van der Waals surface area contributed by atoms with Gasteiger partial charge in [0.15, 0.2) is 0 Å². The largest absolute Gasteiger partial charge is 0.462 e. The molecule has 4 unspecified atom stereocenters. The summed E-state index contributed by atoms with van der Waals surface area (Å²) in [7, 11) is 0. The maximum atomic E-state index is 13.7. The van der Waals surface area contributed by atoms with Crippen LogP contribution in [0.25, 0.3) is 5.57 Å². The number of carbonyl (C=O) groups excluding carboxylic acids is 2. The highest BCUT2D eigenvalue weighted by Crippen LogP contribution is 2.66. The first-order valence-corrected chi connectivity index (χ1v) is 15.6. The number of rotatable bonds is 9. The highest BCUT2D eigenvalue weighted by molar-refractivity contribution is 6.18. The number of nitrogens with zero attached hydrogens (tertiary/aromatic N) is 3. The fraction of sp³-hybridized carbons (Fsp3) is 0.545. The molecule has 0 aromatic carbocycles. The van der Waals surface area contributed by atoms with Crippen molar-refractivity contribution < 1.29 is 34.0 Å². The van der Waals surface area contributed by atoms with E-state index >= 15 is 0 Å². The maximum Gasteiger partial charge on any atom is 0.342 e. The van der Waals surface area contributed by atoms with Gasteiger partial charge in [-0.25, -0.2) is 24.5 Å². The van der Waals surface area contributed by atoms with Crippen LogP contribution in [0.3, 0.4) is 0 Å². The third kappa shape index (κ3) is 5.49. The Labute approximate surface area is 262 Å². The molecule has 0 amide bonds. The summed E-state index contributed by atoms with van der Waals surface area (Å²) in [5, 5.41) is 25.0. The zero-order valence-electron chi connectivity index (χ0n) is 25.9. The molecule has 5 N–H and O–H groups in total. The van der Waals surface area contributed by atoms with Crippen molar-refractivity contribution in [3.63, 3.8) is 0 Å². The second-order valence-corrected chi connectivity index (χ2v) is 13.1. The number of ether oxygens (including phenoxy) is 3. The number of nitrogens with one attached hydrogen (secondary N) is 1. The van der Waals surface area contributed by atoms with Gasteiger partial charge < -0.3 is 35.5 Å². The van der Waals surface area contributed by atoms with E-state index < -0.39 is 29.5 Å². The number of hydrogen-bond donors (Lipinski definition) is 4. The van der Waals surface area contributed by atoms with E-state index in [2.05, 4.69) is 27.2 Å². The van der Waals surface area contributed by atoms with E-state index in [1.54, 1.807) is 19.2 Å². The number of anilines is 2. The van der Waals surface area contributed by atoms with Crippen molar-refractivity contribution in [2.75, 3.05) is 30.9 Å². The van der Waals surface area contributed by atoms with E-state index in [1.165, 1.54) is 12.4 Å². The van der Waals surface area contributed by atoms with Crippen LogP contribution in [0.15, 0.2) is 54.2 Å². The Morgan fingerprint density at radius 3 is 2.60 bits per heavy atom. The van der Waals surface area contributed by atoms with Gasteiger partial charge in [0, 0.05) is 29.6 Å². The third-order valence-corrected chi connectivity index (χ3v) is 10.7. The van der Waals surface area contributed by atoms with Gasteiger partial charge in [-0.2, -0.15) is 0 Å². The molecule has 2 aliphatic carbocycles. The minimum Gasteiger partial charge on any atom is -0.462 e. The van der Waals surface area contributed by atoms with E-state index in [0.29, 0.717) is 36.4 Å². The Bertz CT molecular complexity index is 1510. The topological polar surface area (TPSA) is 182 Å². The van der Waals surface area contributed by atoms with E-state index in [4.69, 9.17) is 19.9 Å². The Balaban J connectivity index is 1.42. The molecule has 2 aromatic heterocycles. The molecule has 6 rings (SSSR count). The first kappa shape index (κ1) is 31.1. The average Bonchev–Trinajstić information content (AvgIpc) is 3.70. The Morgan fingerprint density at radius 1 is 1.20 bits per heavy atom. The van der Waals surface area contributed by atoms with Gasteiger partial charge in [-0.3, -0.25) is 0 Å². The quantitative estimate of drug-likeness (QED) is 0.183. The van der Waals surface area contributed by atoms with Crippen molar-refractivity contribution in [3.05, 3.63) is 59.8 Å². The van der Waals surface area contributed by atoms with Crippen molar-refractivity contribution in [3.8, 4) is 0 Å². The van der Waals surface area contributed by atoms with Crippen LogP contribution >= 0.6 is 0 Å². The molecular formula is C33H41N5O7. The van der Waals surface area contributed by atoms with E-state index in [0.717, 1.165) is 19.3 Å². The number of allylic oxidation sites excluding steroid dienone is 1. The van der Waals surface area contributed by atoms with Crippen molar-refractivity contribution in [2.45, 2.75) is 70.6 Å². The van der Waals surface area contributed by atoms with Gasteiger partial charge in [0.2, 0.25) is 5.95 Å². The zero-order valence-corrected chi connectivity index (χ0v) is 25.9. The summed E-state index contributed by atoms with van der Waals surface area (Å²) in [6.07, 6.45) is 8.89. The number of aliphatic hydroxyl groups is 2. The normalized spacial score (nSPS) is 33.9. The molecule has 2 aromatic rings. The Hall–Kier alpha value is -3.87. The van der Waals surface area contributed by atoms with Crippen LogP contribution in [0.4, 0.5) is 11.8 Å². The highest BCUT2D eigenvalue weighted by atomic mass is 16.6. The van der Waals surface area contributed by atoms with Gasteiger partial charge in [0.25, 0.3) is 0 Å². The number of aromatic nitrogens is 3. The van der Waals surface area contributed by atoms with Crippen LogP contribution in [0, 0.1) is 22.7 Å². The number of nitrogens with two attached hydrogens (primary N) is 1. The molecule has 2 saturated carbocycles. The molecule has 4 aliphatic rings. The predicted molar refractivity (Wildman–Crippen MR) is 164 cm³/mol. The molecule has 1 spiro atoms. The van der Waals surface area contributed by atoms with Crippen LogP contribution in [0.5, 0.6) is 0 Å². The van der Waals surface area contributed by atoms with Gasteiger partial charge in [0.05, 0.1) is 43.1 Å². The molecular weight excluding hydrogens is 578 g/mol. The van der Waals surface area contributed by atoms with Crippen LogP contribution in [0.1, 0.15) is 58.4 Å². The first-order valence-electron chi connectivity index (χ1n) is 15.6. The smallest absolute Gasteiger partial charge is 0.342 e. The summed E-state index contributed by atoms with van der Waals surface area (Å²) in [6, 6.07) is 4.94. The van der Waals surface area contributed by atoms with E-state index in [-0.39, 0.29) is 53.3 Å². The molecule has 12 heteroatoms. The minimum absolute atomic E-state index is 0.0138. The number of hydrogen-bond acceptors (Lipinski definition) is 12. The maximum absolute atomic E-state index is 13.7. The molecule has 1 saturated heterocycles. The van der Waals surface area contributed by atoms with Gasteiger partial charge in [-0.15, -0.1) is 0 Å². The fourth-order valence-electron chi connectivity index (χ4n) is 8.23. The molecule has 2 aliphatic heterocycles. The standard InChI is InChI=1S/C33H41N5O7/c1-4-43-29(42)27(19-15-36-30(34)37-16-19)22-13-20(28(41)45-22)21(38-26-7-5-6-12-35-26)14-24-31(2)10-9-25(40)32(3,17-39)23(31)8-11-33(24)18-44-33/h5-7,12-13,15-16,21,23-25,39-40H,4,8-11,14,17-18H2,1-3H3,(H,35,38)(H2,34,36,37)/b27-22-/t21?,23?,24?,25-,31+,32+,33?/m1/s1. The Kier molecular flexibility index (Phi) is 8.17. The van der Waals surface area contributed by atoms with Crippen LogP contribution in [-0.4, -0.2) is 74.7 Å². The number of cyclic esters (lactones) is 1. The lowest BCUT2D eigenvalue weighted by molar-refractivity contribution is -0.177. The number of aliphatic hydroxyl groups excluding tert-OH is 2. The average molecular weight is 620 g/mol. The fourth-order valence-corrected chi connectivity index (χ4v) is 8.23.